The number of rotatable bonds is 17. The zero-order valence-electron chi connectivity index (χ0n) is 19.2. The Morgan fingerprint density at radius 1 is 0.239 bits per heavy atom. The number of ether oxygens (including phenoxy) is 6. The van der Waals surface area contributed by atoms with E-state index in [1.165, 1.54) is 4.74 Å². The molecule has 46 heavy (non-hydrogen) atoms. The average Bonchev–Trinajstić information content (AvgIpc) is 2.67. The van der Waals surface area contributed by atoms with Crippen LogP contribution < -0.4 is 0 Å². The van der Waals surface area contributed by atoms with E-state index in [0.29, 0.717) is 0 Å². The summed E-state index contributed by atoms with van der Waals surface area (Å²) in [4.78, 5) is 0. The summed E-state index contributed by atoms with van der Waals surface area (Å²) in [6.07, 6.45) is -94.4. The minimum Gasteiger partial charge on any atom is -0.251 e. The Hall–Kier alpha value is -2.13. The first-order valence-corrected chi connectivity index (χ1v) is 9.14. The third kappa shape index (κ3) is 9.27. The van der Waals surface area contributed by atoms with Gasteiger partial charge in [-0.3, -0.25) is 4.74 Å². The summed E-state index contributed by atoms with van der Waals surface area (Å²) >= 11 is 0. The summed E-state index contributed by atoms with van der Waals surface area (Å²) in [6, 6.07) is 0. The fourth-order valence-electron chi connectivity index (χ4n) is 1.58. The minimum absolute atomic E-state index is 1.07. The lowest BCUT2D eigenvalue weighted by atomic mass is 10.4. The predicted molar refractivity (Wildman–Crippen MR) is 73.0 cm³/mol. The van der Waals surface area contributed by atoms with Crippen molar-refractivity contribution in [1.82, 2.24) is 0 Å². The highest BCUT2D eigenvalue weighted by Crippen LogP contribution is 2.54. The van der Waals surface area contributed by atoms with Crippen LogP contribution in [0.15, 0.2) is 0 Å². The molecule has 0 aromatic carbocycles. The molecule has 0 saturated heterocycles. The van der Waals surface area contributed by atoms with Crippen molar-refractivity contribution in [1.29, 1.82) is 0 Å². The van der Waals surface area contributed by atoms with Crippen LogP contribution in [0.25, 0.3) is 0 Å². The molecule has 0 aromatic rings. The molecule has 0 aliphatic rings. The highest BCUT2D eigenvalue weighted by molar-refractivity contribution is 4.82. The molecule has 0 atom stereocenters. The van der Waals surface area contributed by atoms with E-state index < -0.39 is 80.0 Å². The summed E-state index contributed by atoms with van der Waals surface area (Å²) in [7, 11) is 0. The Morgan fingerprint density at radius 3 is 0.543 bits per heavy atom. The van der Waals surface area contributed by atoms with Gasteiger partial charge in [-0.15, -0.1) is 0 Å². The van der Waals surface area contributed by atoms with Crippen molar-refractivity contribution in [2.24, 2.45) is 0 Å². The highest BCUT2D eigenvalue weighted by Gasteiger charge is 2.80. The van der Waals surface area contributed by atoms with E-state index in [-0.39, 0.29) is 0 Å². The molecule has 0 spiro atoms. The van der Waals surface area contributed by atoms with Gasteiger partial charge in [0.1, 0.15) is 0 Å². The van der Waals surface area contributed by atoms with Crippen LogP contribution in [0, 0.1) is 0 Å². The standard InChI is InChI=1S/C13HF27O6/c14-1(15)41-4(21,22)5(23,24)43-8(29,30)9(31,32)45-12(37,38)13(39,40)46-11(35,36)10(33,34)44-7(27,28)6(25,26)42-3(19,20)2(16,17)18/h1H. The van der Waals surface area contributed by atoms with Crippen LogP contribution in [0.5, 0.6) is 0 Å². The second-order valence-corrected chi connectivity index (χ2v) is 7.07. The molecule has 6 nitrogen and oxygen atoms in total. The van der Waals surface area contributed by atoms with E-state index >= 15 is 0 Å². The number of hydrogen-bond acceptors (Lipinski definition) is 6. The topological polar surface area (TPSA) is 55.4 Å². The molecule has 278 valence electrons. The molecular formula is C13HF27O6. The van der Waals surface area contributed by atoms with Crippen LogP contribution in [0.1, 0.15) is 0 Å². The lowest BCUT2D eigenvalue weighted by Gasteiger charge is -2.36. The van der Waals surface area contributed by atoms with Crippen molar-refractivity contribution in [3.8, 4) is 0 Å². The molecule has 0 amide bonds. The SMILES string of the molecule is FC(F)OC(F)(F)C(F)(F)OC(F)(F)C(F)(F)OC(F)(F)C(F)(F)OC(F)(F)C(F)(F)OC(F)(F)C(F)(F)OC(F)(F)C(F)(F)F. The number of hydrogen-bond donors (Lipinski definition) is 0. The van der Waals surface area contributed by atoms with Crippen LogP contribution in [-0.4, -0.2) is 80.0 Å². The molecule has 0 aromatic heterocycles. The van der Waals surface area contributed by atoms with Gasteiger partial charge in [-0.1, -0.05) is 0 Å². The Labute approximate surface area is 228 Å². The van der Waals surface area contributed by atoms with E-state index in [0.717, 1.165) is 18.9 Å². The molecule has 0 aliphatic heterocycles. The number of alkyl halides is 27. The van der Waals surface area contributed by atoms with Gasteiger partial charge >= 0.3 is 80.0 Å². The molecule has 0 radical (unpaired) electrons. The maximum Gasteiger partial charge on any atom is 0.483 e. The highest BCUT2D eigenvalue weighted by atomic mass is 19.4. The zero-order valence-corrected chi connectivity index (χ0v) is 19.2. The normalized spacial score (nSPS) is 16.4. The Morgan fingerprint density at radius 2 is 0.391 bits per heavy atom. The van der Waals surface area contributed by atoms with Gasteiger partial charge in [0.15, 0.2) is 0 Å². The summed E-state index contributed by atoms with van der Waals surface area (Å²) in [5, 5.41) is 0. The molecule has 0 unspecified atom stereocenters. The molecule has 0 bridgehead atoms. The quantitative estimate of drug-likeness (QED) is 0.139. The van der Waals surface area contributed by atoms with Crippen molar-refractivity contribution in [3.05, 3.63) is 0 Å². The van der Waals surface area contributed by atoms with Crippen molar-refractivity contribution in [2.75, 3.05) is 0 Å². The largest absolute Gasteiger partial charge is 0.483 e. The molecule has 0 aliphatic carbocycles. The first kappa shape index (κ1) is 43.9. The van der Waals surface area contributed by atoms with E-state index in [1.807, 2.05) is 0 Å². The van der Waals surface area contributed by atoms with E-state index in [9.17, 15) is 119 Å². The van der Waals surface area contributed by atoms with Gasteiger partial charge in [-0.25, -0.2) is 23.7 Å². The third-order valence-corrected chi connectivity index (χ3v) is 3.54. The van der Waals surface area contributed by atoms with Crippen molar-refractivity contribution in [2.45, 2.75) is 80.0 Å². The zero-order chi connectivity index (χ0) is 37.8. The van der Waals surface area contributed by atoms with Crippen molar-refractivity contribution < 1.29 is 147 Å². The van der Waals surface area contributed by atoms with Crippen LogP contribution in [-0.2, 0) is 28.4 Å². The van der Waals surface area contributed by atoms with Crippen LogP contribution in [0.2, 0.25) is 0 Å². The van der Waals surface area contributed by atoms with Crippen molar-refractivity contribution >= 4 is 0 Å². The second kappa shape index (κ2) is 12.1. The van der Waals surface area contributed by atoms with E-state index in [4.69, 9.17) is 0 Å². The van der Waals surface area contributed by atoms with Gasteiger partial charge in [0.25, 0.3) is 0 Å². The Bertz CT molecular complexity index is 1030. The molecular weight excluding hydrogens is 765 g/mol. The van der Waals surface area contributed by atoms with Crippen LogP contribution in [0.3, 0.4) is 0 Å². The maximum atomic E-state index is 13.3. The lowest BCUT2D eigenvalue weighted by Crippen LogP contribution is -2.62. The summed E-state index contributed by atoms with van der Waals surface area (Å²) in [5.41, 5.74) is 0. The molecule has 33 heteroatoms. The summed E-state index contributed by atoms with van der Waals surface area (Å²) < 4.78 is 353. The summed E-state index contributed by atoms with van der Waals surface area (Å²) in [5.74, 6) is 0. The lowest BCUT2D eigenvalue weighted by molar-refractivity contribution is -0.594. The minimum atomic E-state index is -8.23. The molecule has 0 saturated carbocycles. The van der Waals surface area contributed by atoms with Crippen LogP contribution in [0.4, 0.5) is 119 Å². The van der Waals surface area contributed by atoms with Gasteiger partial charge in [0.2, 0.25) is 0 Å². The molecule has 0 rings (SSSR count). The second-order valence-electron chi connectivity index (χ2n) is 7.07. The van der Waals surface area contributed by atoms with Crippen molar-refractivity contribution in [3.63, 3.8) is 0 Å². The van der Waals surface area contributed by atoms with Gasteiger partial charge in [0, 0.05) is 0 Å². The van der Waals surface area contributed by atoms with Crippen LogP contribution >= 0.6 is 0 Å². The average molecular weight is 766 g/mol. The molecule has 0 fully saturated rings. The van der Waals surface area contributed by atoms with Gasteiger partial charge in [-0.05, 0) is 0 Å². The van der Waals surface area contributed by atoms with E-state index in [2.05, 4.69) is 0 Å². The first-order chi connectivity index (χ1) is 19.5. The monoisotopic (exact) mass is 766 g/mol. The molecule has 0 N–H and O–H groups in total. The fraction of sp³-hybridized carbons (Fsp3) is 1.00. The summed E-state index contributed by atoms with van der Waals surface area (Å²) in [6.45, 7) is -5.10. The third-order valence-electron chi connectivity index (χ3n) is 3.54. The predicted octanol–water partition coefficient (Wildman–Crippen LogP) is 8.39. The van der Waals surface area contributed by atoms with E-state index in [1.54, 1.807) is 4.74 Å². The van der Waals surface area contributed by atoms with Gasteiger partial charge in [-0.2, -0.15) is 119 Å². The number of halogens is 27. The van der Waals surface area contributed by atoms with Gasteiger partial charge in [0.05, 0.1) is 0 Å². The molecule has 0 heterocycles. The maximum absolute atomic E-state index is 13.3. The van der Waals surface area contributed by atoms with Gasteiger partial charge < -0.3 is 0 Å². The fourth-order valence-corrected chi connectivity index (χ4v) is 1.58. The first-order valence-electron chi connectivity index (χ1n) is 9.14. The Kier molecular flexibility index (Phi) is 11.5. The Balaban J connectivity index is 6.23. The smallest absolute Gasteiger partial charge is 0.251 e.